The summed E-state index contributed by atoms with van der Waals surface area (Å²) in [5.74, 6) is -0.428. The summed E-state index contributed by atoms with van der Waals surface area (Å²) in [6.45, 7) is 7.64. The lowest BCUT2D eigenvalue weighted by Crippen LogP contribution is -2.18. The molecule has 0 saturated heterocycles. The van der Waals surface area contributed by atoms with E-state index in [4.69, 9.17) is 0 Å². The highest BCUT2D eigenvalue weighted by molar-refractivity contribution is 5.98. The van der Waals surface area contributed by atoms with Crippen molar-refractivity contribution in [2.75, 3.05) is 0 Å². The number of aryl methyl sites for hydroxylation is 1. The molecule has 0 fully saturated rings. The number of halogens is 1. The van der Waals surface area contributed by atoms with Crippen LogP contribution in [0.5, 0.6) is 0 Å². The average molecular weight is 208 g/mol. The third-order valence-electron chi connectivity index (χ3n) is 2.80. The van der Waals surface area contributed by atoms with Gasteiger partial charge in [0, 0.05) is 5.92 Å². The molecule has 1 aromatic rings. The summed E-state index contributed by atoms with van der Waals surface area (Å²) in [6, 6.07) is 4.65. The van der Waals surface area contributed by atoms with Gasteiger partial charge in [-0.25, -0.2) is 4.39 Å². The molecule has 0 aromatic heterocycles. The van der Waals surface area contributed by atoms with Crippen LogP contribution in [0, 0.1) is 24.6 Å². The Morgan fingerprint density at radius 3 is 2.40 bits per heavy atom. The maximum absolute atomic E-state index is 13.4. The molecule has 0 aliphatic rings. The van der Waals surface area contributed by atoms with Crippen LogP contribution in [0.25, 0.3) is 0 Å². The molecule has 2 heteroatoms. The minimum absolute atomic E-state index is 0.105. The van der Waals surface area contributed by atoms with Crippen LogP contribution in [-0.4, -0.2) is 5.78 Å². The number of carbonyl (C=O) groups excluding carboxylic acids is 1. The molecule has 1 aromatic carbocycles. The molecule has 0 heterocycles. The van der Waals surface area contributed by atoms with E-state index in [9.17, 15) is 9.18 Å². The molecule has 0 spiro atoms. The maximum atomic E-state index is 13.4. The van der Waals surface area contributed by atoms with Gasteiger partial charge >= 0.3 is 0 Å². The minimum atomic E-state index is -0.418. The van der Waals surface area contributed by atoms with Gasteiger partial charge in [-0.1, -0.05) is 32.4 Å². The number of hydrogen-bond acceptors (Lipinski definition) is 1. The van der Waals surface area contributed by atoms with E-state index in [0.29, 0.717) is 0 Å². The van der Waals surface area contributed by atoms with Gasteiger partial charge in [0.25, 0.3) is 0 Å². The van der Waals surface area contributed by atoms with Crippen molar-refractivity contribution in [2.45, 2.75) is 27.7 Å². The van der Waals surface area contributed by atoms with Crippen molar-refractivity contribution in [2.24, 2.45) is 11.8 Å². The van der Waals surface area contributed by atoms with Crippen molar-refractivity contribution in [3.05, 3.63) is 35.1 Å². The fraction of sp³-hybridized carbons (Fsp3) is 0.462. The topological polar surface area (TPSA) is 17.1 Å². The molecule has 1 atom stereocenters. The summed E-state index contributed by atoms with van der Waals surface area (Å²) >= 11 is 0. The average Bonchev–Trinajstić information content (AvgIpc) is 2.19. The first-order valence-corrected chi connectivity index (χ1v) is 5.24. The van der Waals surface area contributed by atoms with Gasteiger partial charge < -0.3 is 0 Å². The van der Waals surface area contributed by atoms with E-state index in [1.54, 1.807) is 12.1 Å². The van der Waals surface area contributed by atoms with Crippen LogP contribution in [0.2, 0.25) is 0 Å². The summed E-state index contributed by atoms with van der Waals surface area (Å²) in [6.07, 6.45) is 0. The van der Waals surface area contributed by atoms with Gasteiger partial charge in [0.05, 0.1) is 5.56 Å². The zero-order valence-corrected chi connectivity index (χ0v) is 9.67. The van der Waals surface area contributed by atoms with Crippen molar-refractivity contribution in [3.8, 4) is 0 Å². The van der Waals surface area contributed by atoms with E-state index in [-0.39, 0.29) is 23.2 Å². The third kappa shape index (κ3) is 2.65. The summed E-state index contributed by atoms with van der Waals surface area (Å²) in [5.41, 5.74) is 1.13. The summed E-state index contributed by atoms with van der Waals surface area (Å²) in [5, 5.41) is 0. The van der Waals surface area contributed by atoms with Gasteiger partial charge in [0.1, 0.15) is 5.82 Å². The van der Waals surface area contributed by atoms with E-state index in [1.165, 1.54) is 6.07 Å². The second kappa shape index (κ2) is 4.56. The number of hydrogen-bond donors (Lipinski definition) is 0. The molecular weight excluding hydrogens is 191 g/mol. The van der Waals surface area contributed by atoms with Crippen LogP contribution in [0.3, 0.4) is 0 Å². The largest absolute Gasteiger partial charge is 0.294 e. The number of benzene rings is 1. The zero-order valence-electron chi connectivity index (χ0n) is 9.67. The van der Waals surface area contributed by atoms with E-state index in [1.807, 2.05) is 27.7 Å². The molecule has 1 nitrogen and oxygen atoms in total. The van der Waals surface area contributed by atoms with Crippen molar-refractivity contribution in [3.63, 3.8) is 0 Å². The van der Waals surface area contributed by atoms with Gasteiger partial charge in [-0.3, -0.25) is 4.79 Å². The summed E-state index contributed by atoms with van der Waals surface area (Å²) in [7, 11) is 0. The Bertz CT molecular complexity index is 369. The quantitative estimate of drug-likeness (QED) is 0.693. The zero-order chi connectivity index (χ0) is 11.6. The second-order valence-corrected chi connectivity index (χ2v) is 4.38. The highest BCUT2D eigenvalue weighted by Gasteiger charge is 2.21. The Hall–Kier alpha value is -1.18. The highest BCUT2D eigenvalue weighted by atomic mass is 19.1. The minimum Gasteiger partial charge on any atom is -0.294 e. The van der Waals surface area contributed by atoms with Gasteiger partial charge in [-0.05, 0) is 25.0 Å². The molecule has 0 aliphatic carbocycles. The van der Waals surface area contributed by atoms with Crippen LogP contribution in [0.4, 0.5) is 4.39 Å². The van der Waals surface area contributed by atoms with Gasteiger partial charge in [-0.15, -0.1) is 0 Å². The summed E-state index contributed by atoms with van der Waals surface area (Å²) < 4.78 is 13.4. The first-order chi connectivity index (χ1) is 6.93. The lowest BCUT2D eigenvalue weighted by Gasteiger charge is -2.14. The fourth-order valence-corrected chi connectivity index (χ4v) is 1.38. The maximum Gasteiger partial charge on any atom is 0.168 e. The molecule has 1 rings (SSSR count). The third-order valence-corrected chi connectivity index (χ3v) is 2.80. The molecule has 0 bridgehead atoms. The fourth-order valence-electron chi connectivity index (χ4n) is 1.38. The van der Waals surface area contributed by atoms with E-state index < -0.39 is 5.82 Å². The number of Topliss-reactive ketones (excluding diaryl/α,β-unsaturated/α-hetero) is 1. The molecule has 0 saturated carbocycles. The summed E-state index contributed by atoms with van der Waals surface area (Å²) in [4.78, 5) is 11.9. The lowest BCUT2D eigenvalue weighted by molar-refractivity contribution is 0.0895. The Kier molecular flexibility index (Phi) is 3.61. The standard InChI is InChI=1S/C13H17FO/c1-8(2)10(4)13(15)11-7-9(3)5-6-12(11)14/h5-8,10H,1-4H3. The van der Waals surface area contributed by atoms with E-state index in [0.717, 1.165) is 5.56 Å². The predicted molar refractivity (Wildman–Crippen MR) is 59.5 cm³/mol. The molecule has 0 amide bonds. The number of ketones is 1. The molecule has 0 aliphatic heterocycles. The molecule has 1 unspecified atom stereocenters. The van der Waals surface area contributed by atoms with E-state index in [2.05, 4.69) is 0 Å². The first kappa shape index (κ1) is 11.9. The molecule has 15 heavy (non-hydrogen) atoms. The van der Waals surface area contributed by atoms with Crippen LogP contribution in [0.15, 0.2) is 18.2 Å². The Labute approximate surface area is 90.3 Å². The van der Waals surface area contributed by atoms with Crippen molar-refractivity contribution in [1.82, 2.24) is 0 Å². The lowest BCUT2D eigenvalue weighted by atomic mass is 9.89. The van der Waals surface area contributed by atoms with E-state index >= 15 is 0 Å². The van der Waals surface area contributed by atoms with Gasteiger partial charge in [0.15, 0.2) is 5.78 Å². The monoisotopic (exact) mass is 208 g/mol. The Morgan fingerprint density at radius 1 is 1.27 bits per heavy atom. The number of carbonyl (C=O) groups is 1. The van der Waals surface area contributed by atoms with Gasteiger partial charge in [-0.2, -0.15) is 0 Å². The smallest absolute Gasteiger partial charge is 0.168 e. The van der Waals surface area contributed by atoms with Gasteiger partial charge in [0.2, 0.25) is 0 Å². The normalized spacial score (nSPS) is 12.9. The SMILES string of the molecule is Cc1ccc(F)c(C(=O)C(C)C(C)C)c1. The Morgan fingerprint density at radius 2 is 1.87 bits per heavy atom. The van der Waals surface area contributed by atoms with Crippen LogP contribution >= 0.6 is 0 Å². The van der Waals surface area contributed by atoms with Crippen molar-refractivity contribution < 1.29 is 9.18 Å². The molecule has 0 N–H and O–H groups in total. The van der Waals surface area contributed by atoms with Crippen molar-refractivity contribution >= 4 is 5.78 Å². The van der Waals surface area contributed by atoms with Crippen LogP contribution < -0.4 is 0 Å². The predicted octanol–water partition coefficient (Wildman–Crippen LogP) is 3.61. The molecular formula is C13H17FO. The highest BCUT2D eigenvalue weighted by Crippen LogP contribution is 2.19. The molecule has 0 radical (unpaired) electrons. The molecule has 82 valence electrons. The Balaban J connectivity index is 3.05. The van der Waals surface area contributed by atoms with Crippen LogP contribution in [-0.2, 0) is 0 Å². The first-order valence-electron chi connectivity index (χ1n) is 5.24. The van der Waals surface area contributed by atoms with Crippen LogP contribution in [0.1, 0.15) is 36.7 Å². The van der Waals surface area contributed by atoms with Crippen molar-refractivity contribution in [1.29, 1.82) is 0 Å². The second-order valence-electron chi connectivity index (χ2n) is 4.38. The number of rotatable bonds is 3.